The van der Waals surface area contributed by atoms with Gasteiger partial charge >= 0.3 is 0 Å². The quantitative estimate of drug-likeness (QED) is 0.204. The van der Waals surface area contributed by atoms with Gasteiger partial charge in [0.15, 0.2) is 6.61 Å². The summed E-state index contributed by atoms with van der Waals surface area (Å²) in [6.45, 7) is 1.47. The summed E-state index contributed by atoms with van der Waals surface area (Å²) in [5.41, 5.74) is 6.98. The monoisotopic (exact) mass is 600 g/mol. The lowest BCUT2D eigenvalue weighted by atomic mass is 10.1. The molecule has 0 spiro atoms. The summed E-state index contributed by atoms with van der Waals surface area (Å²) in [6.07, 6.45) is 3.47. The van der Waals surface area contributed by atoms with Crippen LogP contribution in [0.25, 0.3) is 21.7 Å². The number of Topliss-reactive ketones (excluding diaryl/α,β-unsaturated/α-hetero) is 1. The number of aromatic nitrogens is 2. The number of primary amides is 1. The van der Waals surface area contributed by atoms with E-state index in [2.05, 4.69) is 4.98 Å². The SMILES string of the molecule is NC(=O)c1cc2cc(Cl)ccc2cc1OCC(=O)c1cn(CCN2CC(O)C(O)C2)c2cc(Oc3cccnc3)ccc12. The average molecular weight is 601 g/mol. The third-order valence-electron chi connectivity index (χ3n) is 7.54. The summed E-state index contributed by atoms with van der Waals surface area (Å²) >= 11 is 6.10. The molecule has 2 unspecified atom stereocenters. The highest BCUT2D eigenvalue weighted by atomic mass is 35.5. The molecule has 3 heterocycles. The van der Waals surface area contributed by atoms with E-state index >= 15 is 0 Å². The van der Waals surface area contributed by atoms with Crippen molar-refractivity contribution in [2.24, 2.45) is 5.73 Å². The van der Waals surface area contributed by atoms with E-state index in [0.717, 1.165) is 16.3 Å². The Bertz CT molecular complexity index is 1820. The molecule has 2 atom stereocenters. The van der Waals surface area contributed by atoms with Gasteiger partial charge in [0.1, 0.15) is 17.2 Å². The van der Waals surface area contributed by atoms with Gasteiger partial charge in [-0.2, -0.15) is 0 Å². The van der Waals surface area contributed by atoms with E-state index in [0.29, 0.717) is 53.7 Å². The average Bonchev–Trinajstić information content (AvgIpc) is 3.52. The smallest absolute Gasteiger partial charge is 0.252 e. The number of hydrogen-bond acceptors (Lipinski definition) is 8. The maximum absolute atomic E-state index is 13.6. The Morgan fingerprint density at radius 3 is 2.51 bits per heavy atom. The zero-order valence-electron chi connectivity index (χ0n) is 23.0. The second-order valence-electron chi connectivity index (χ2n) is 10.5. The summed E-state index contributed by atoms with van der Waals surface area (Å²) in [6, 6.07) is 17.6. The van der Waals surface area contributed by atoms with Crippen molar-refractivity contribution in [2.75, 3.05) is 26.2 Å². The van der Waals surface area contributed by atoms with Crippen LogP contribution in [0.5, 0.6) is 17.2 Å². The molecule has 0 aliphatic carbocycles. The number of ether oxygens (including phenoxy) is 2. The predicted molar refractivity (Wildman–Crippen MR) is 162 cm³/mol. The number of carbonyl (C=O) groups excluding carboxylic acids is 2. The van der Waals surface area contributed by atoms with E-state index in [1.807, 2.05) is 21.6 Å². The number of amides is 1. The van der Waals surface area contributed by atoms with Crippen molar-refractivity contribution < 1.29 is 29.3 Å². The molecule has 4 N–H and O–H groups in total. The van der Waals surface area contributed by atoms with E-state index in [1.165, 1.54) is 0 Å². The van der Waals surface area contributed by atoms with Gasteiger partial charge in [-0.25, -0.2) is 0 Å². The lowest BCUT2D eigenvalue weighted by molar-refractivity contribution is 0.0572. The number of halogens is 1. The van der Waals surface area contributed by atoms with E-state index < -0.39 is 18.1 Å². The van der Waals surface area contributed by atoms with E-state index in [4.69, 9.17) is 26.8 Å². The van der Waals surface area contributed by atoms with Crippen molar-refractivity contribution in [3.63, 3.8) is 0 Å². The fourth-order valence-electron chi connectivity index (χ4n) is 5.35. The Kier molecular flexibility index (Phi) is 8.00. The molecule has 1 aliphatic heterocycles. The first-order valence-corrected chi connectivity index (χ1v) is 14.1. The molecule has 1 aliphatic rings. The Morgan fingerprint density at radius 2 is 1.77 bits per heavy atom. The number of hydrogen-bond donors (Lipinski definition) is 3. The molecule has 10 nitrogen and oxygen atoms in total. The number of β-amino-alcohol motifs (C(OH)–C–C–N with tert-alkyl or cyclic N) is 2. The molecular formula is C32H29ClN4O6. The van der Waals surface area contributed by atoms with Crippen molar-refractivity contribution in [2.45, 2.75) is 18.8 Å². The fourth-order valence-corrected chi connectivity index (χ4v) is 5.53. The number of carbonyl (C=O) groups is 2. The first-order chi connectivity index (χ1) is 20.7. The van der Waals surface area contributed by atoms with Crippen LogP contribution < -0.4 is 15.2 Å². The number of pyridine rings is 1. The molecule has 2 aromatic heterocycles. The molecule has 3 aromatic carbocycles. The van der Waals surface area contributed by atoms with Crippen LogP contribution in [0.2, 0.25) is 5.02 Å². The van der Waals surface area contributed by atoms with Crippen LogP contribution in [0.1, 0.15) is 20.7 Å². The summed E-state index contributed by atoms with van der Waals surface area (Å²) in [5, 5.41) is 22.6. The van der Waals surface area contributed by atoms with Crippen LogP contribution in [0.15, 0.2) is 79.3 Å². The van der Waals surface area contributed by atoms with Crippen molar-refractivity contribution in [3.05, 3.63) is 95.4 Å². The molecule has 0 radical (unpaired) electrons. The highest BCUT2D eigenvalue weighted by molar-refractivity contribution is 6.31. The van der Waals surface area contributed by atoms with Gasteiger partial charge < -0.3 is 30.0 Å². The molecule has 1 saturated heterocycles. The van der Waals surface area contributed by atoms with Crippen molar-refractivity contribution in [1.82, 2.24) is 14.5 Å². The summed E-state index contributed by atoms with van der Waals surface area (Å²) in [7, 11) is 0. The van der Waals surface area contributed by atoms with Gasteiger partial charge in [0.05, 0.1) is 29.5 Å². The van der Waals surface area contributed by atoms with Gasteiger partial charge in [0, 0.05) is 60.6 Å². The lowest BCUT2D eigenvalue weighted by Gasteiger charge is -2.15. The number of fused-ring (bicyclic) bond motifs is 2. The number of nitrogens with zero attached hydrogens (tertiary/aromatic N) is 3. The van der Waals surface area contributed by atoms with Crippen molar-refractivity contribution >= 4 is 45.0 Å². The predicted octanol–water partition coefficient (Wildman–Crippen LogP) is 4.03. The number of ketones is 1. The molecule has 43 heavy (non-hydrogen) atoms. The van der Waals surface area contributed by atoms with Crippen LogP contribution in [0, 0.1) is 0 Å². The zero-order chi connectivity index (χ0) is 30.1. The number of rotatable bonds is 10. The molecule has 0 saturated carbocycles. The molecule has 5 aromatic rings. The van der Waals surface area contributed by atoms with Gasteiger partial charge in [-0.05, 0) is 59.3 Å². The van der Waals surface area contributed by atoms with E-state index in [-0.39, 0.29) is 23.7 Å². The number of likely N-dealkylation sites (tertiary alicyclic amines) is 1. The fraction of sp³-hybridized carbons (Fsp3) is 0.219. The third-order valence-corrected chi connectivity index (χ3v) is 7.78. The highest BCUT2D eigenvalue weighted by Gasteiger charge is 2.29. The summed E-state index contributed by atoms with van der Waals surface area (Å²) < 4.78 is 13.8. The minimum atomic E-state index is -0.785. The Labute approximate surface area is 251 Å². The van der Waals surface area contributed by atoms with Gasteiger partial charge in [0.2, 0.25) is 5.78 Å². The van der Waals surface area contributed by atoms with Crippen molar-refractivity contribution in [1.29, 1.82) is 0 Å². The molecule has 1 fully saturated rings. The second kappa shape index (κ2) is 12.0. The first kappa shape index (κ1) is 28.6. The summed E-state index contributed by atoms with van der Waals surface area (Å²) in [4.78, 5) is 31.8. The maximum Gasteiger partial charge on any atom is 0.252 e. The number of nitrogens with two attached hydrogens (primary N) is 1. The lowest BCUT2D eigenvalue weighted by Crippen LogP contribution is -2.26. The first-order valence-electron chi connectivity index (χ1n) is 13.7. The van der Waals surface area contributed by atoms with Crippen LogP contribution in [0.4, 0.5) is 0 Å². The largest absolute Gasteiger partial charge is 0.485 e. The van der Waals surface area contributed by atoms with E-state index in [9.17, 15) is 19.8 Å². The normalized spacial score (nSPS) is 17.0. The molecule has 220 valence electrons. The van der Waals surface area contributed by atoms with Crippen LogP contribution >= 0.6 is 11.6 Å². The third kappa shape index (κ3) is 6.18. The van der Waals surface area contributed by atoms with Crippen LogP contribution in [0.3, 0.4) is 0 Å². The maximum atomic E-state index is 13.6. The van der Waals surface area contributed by atoms with Crippen molar-refractivity contribution in [3.8, 4) is 17.2 Å². The van der Waals surface area contributed by atoms with Crippen LogP contribution in [-0.2, 0) is 6.54 Å². The minimum Gasteiger partial charge on any atom is -0.485 e. The number of benzene rings is 3. The van der Waals surface area contributed by atoms with Gasteiger partial charge in [-0.15, -0.1) is 0 Å². The molecule has 11 heteroatoms. The highest BCUT2D eigenvalue weighted by Crippen LogP contribution is 2.31. The van der Waals surface area contributed by atoms with E-state index in [1.54, 1.807) is 67.1 Å². The van der Waals surface area contributed by atoms with Gasteiger partial charge in [0.25, 0.3) is 5.91 Å². The van der Waals surface area contributed by atoms with Gasteiger partial charge in [-0.1, -0.05) is 17.7 Å². The number of aliphatic hydroxyl groups excluding tert-OH is 2. The zero-order valence-corrected chi connectivity index (χ0v) is 23.8. The van der Waals surface area contributed by atoms with Gasteiger partial charge in [-0.3, -0.25) is 19.5 Å². The Balaban J connectivity index is 1.28. The molecular weight excluding hydrogens is 572 g/mol. The molecule has 0 bridgehead atoms. The Morgan fingerprint density at radius 1 is 0.953 bits per heavy atom. The Hall–Kier alpha value is -4.48. The summed E-state index contributed by atoms with van der Waals surface area (Å²) in [5.74, 6) is 0.386. The molecule has 6 rings (SSSR count). The minimum absolute atomic E-state index is 0.150. The molecule has 1 amide bonds. The standard InChI is InChI=1S/C32H29ClN4O6/c33-21-4-3-19-12-31(25(32(34)41)11-20(19)10-21)42-18-30(40)26-15-37(9-8-36-16-28(38)29(39)17-36)27-13-22(5-6-24(26)27)43-23-2-1-7-35-14-23/h1-7,10-15,28-29,38-39H,8-9,16-18H2,(H2,34,41). The number of aliphatic hydroxyl groups is 2. The second-order valence-corrected chi connectivity index (χ2v) is 11.0. The van der Waals surface area contributed by atoms with Crippen LogP contribution in [-0.4, -0.2) is 74.8 Å². The topological polar surface area (TPSA) is 140 Å².